The molecule has 0 aromatic carbocycles. The van der Waals surface area contributed by atoms with E-state index < -0.39 is 26.9 Å². The lowest BCUT2D eigenvalue weighted by Crippen LogP contribution is -2.42. The summed E-state index contributed by atoms with van der Waals surface area (Å²) >= 11 is 0.589. The predicted octanol–water partition coefficient (Wildman–Crippen LogP) is 0.229. The first-order chi connectivity index (χ1) is 8.75. The number of H-pyrrole nitrogens is 1. The third kappa shape index (κ3) is 2.33. The first-order valence-electron chi connectivity index (χ1n) is 5.69. The number of carbonyl (C=O) groups is 1. The predicted molar refractivity (Wildman–Crippen MR) is 68.8 cm³/mol. The molecule has 2 atom stereocenters. The maximum absolute atomic E-state index is 12.4. The van der Waals surface area contributed by atoms with Crippen LogP contribution < -0.4 is 4.87 Å². The van der Waals surface area contributed by atoms with Crippen LogP contribution in [0.2, 0.25) is 0 Å². The first-order valence-corrected chi connectivity index (χ1v) is 7.95. The summed E-state index contributed by atoms with van der Waals surface area (Å²) < 4.78 is 25.8. The molecule has 0 aliphatic carbocycles. The standard InChI is InChI=1S/C10H14N2O5S2/c1-5-3-4-12(7(5)8(13)14)19(16,17)9-6(2)11-10(15)18-9/h5,7H,3-4H2,1-2H3,(H,11,15)(H,13,14). The molecule has 9 heteroatoms. The van der Waals surface area contributed by atoms with Crippen molar-refractivity contribution in [1.29, 1.82) is 0 Å². The third-order valence-electron chi connectivity index (χ3n) is 3.23. The van der Waals surface area contributed by atoms with Crippen LogP contribution in [-0.2, 0) is 14.8 Å². The highest BCUT2D eigenvalue weighted by Crippen LogP contribution is 2.31. The highest BCUT2D eigenvalue weighted by Gasteiger charge is 2.44. The fourth-order valence-corrected chi connectivity index (χ4v) is 5.40. The molecule has 1 aromatic rings. The molecule has 2 rings (SSSR count). The van der Waals surface area contributed by atoms with Crippen LogP contribution in [0.15, 0.2) is 9.00 Å². The Labute approximate surface area is 113 Å². The molecule has 1 saturated heterocycles. The Hall–Kier alpha value is -1.19. The number of thiazole rings is 1. The van der Waals surface area contributed by atoms with Gasteiger partial charge >= 0.3 is 10.8 Å². The normalized spacial score (nSPS) is 24.7. The molecule has 7 nitrogen and oxygen atoms in total. The van der Waals surface area contributed by atoms with Crippen molar-refractivity contribution in [3.8, 4) is 0 Å². The largest absolute Gasteiger partial charge is 0.480 e. The van der Waals surface area contributed by atoms with Gasteiger partial charge in [-0.1, -0.05) is 18.3 Å². The van der Waals surface area contributed by atoms with Crippen molar-refractivity contribution >= 4 is 27.3 Å². The monoisotopic (exact) mass is 306 g/mol. The van der Waals surface area contributed by atoms with Crippen LogP contribution in [0.4, 0.5) is 0 Å². The first kappa shape index (κ1) is 14.2. The zero-order chi connectivity index (χ0) is 14.4. The Kier molecular flexibility index (Phi) is 3.54. The van der Waals surface area contributed by atoms with Gasteiger partial charge in [-0.15, -0.1) is 0 Å². The van der Waals surface area contributed by atoms with E-state index in [0.717, 1.165) is 4.31 Å². The minimum absolute atomic E-state index is 0.0992. The van der Waals surface area contributed by atoms with E-state index in [0.29, 0.717) is 17.8 Å². The molecule has 2 N–H and O–H groups in total. The van der Waals surface area contributed by atoms with E-state index in [1.807, 2.05) is 0 Å². The van der Waals surface area contributed by atoms with Crippen LogP contribution in [0.3, 0.4) is 0 Å². The van der Waals surface area contributed by atoms with Gasteiger partial charge in [0.2, 0.25) is 0 Å². The van der Waals surface area contributed by atoms with Crippen molar-refractivity contribution in [2.75, 3.05) is 6.54 Å². The molecular weight excluding hydrogens is 292 g/mol. The van der Waals surface area contributed by atoms with Gasteiger partial charge in [0.15, 0.2) is 4.21 Å². The number of aromatic nitrogens is 1. The van der Waals surface area contributed by atoms with Crippen LogP contribution in [0.5, 0.6) is 0 Å². The van der Waals surface area contributed by atoms with Crippen LogP contribution in [0, 0.1) is 12.8 Å². The van der Waals surface area contributed by atoms with Crippen molar-refractivity contribution in [3.05, 3.63) is 15.4 Å². The number of sulfonamides is 1. The summed E-state index contributed by atoms with van der Waals surface area (Å²) in [6.45, 7) is 3.35. The van der Waals surface area contributed by atoms with E-state index in [1.54, 1.807) is 6.92 Å². The Morgan fingerprint density at radius 1 is 1.53 bits per heavy atom. The number of carboxylic acid groups (broad SMARTS) is 1. The van der Waals surface area contributed by atoms with E-state index in [2.05, 4.69) is 4.98 Å². The molecule has 1 aromatic heterocycles. The Morgan fingerprint density at radius 2 is 2.16 bits per heavy atom. The lowest BCUT2D eigenvalue weighted by molar-refractivity contribution is -0.141. The van der Waals surface area contributed by atoms with Gasteiger partial charge in [0.05, 0.1) is 0 Å². The van der Waals surface area contributed by atoms with E-state index in [1.165, 1.54) is 6.92 Å². The molecule has 1 aliphatic rings. The smallest absolute Gasteiger partial charge is 0.322 e. The molecule has 1 fully saturated rings. The van der Waals surface area contributed by atoms with Crippen LogP contribution in [0.25, 0.3) is 0 Å². The molecule has 0 spiro atoms. The maximum Gasteiger partial charge on any atom is 0.322 e. The van der Waals surface area contributed by atoms with Crippen LogP contribution in [0.1, 0.15) is 19.0 Å². The number of aliphatic carboxylic acids is 1. The quantitative estimate of drug-likeness (QED) is 0.831. The van der Waals surface area contributed by atoms with Crippen molar-refractivity contribution in [1.82, 2.24) is 9.29 Å². The van der Waals surface area contributed by atoms with E-state index >= 15 is 0 Å². The summed E-state index contributed by atoms with van der Waals surface area (Å²) in [5, 5.41) is 9.17. The van der Waals surface area contributed by atoms with E-state index in [4.69, 9.17) is 5.11 Å². The number of hydrogen-bond donors (Lipinski definition) is 2. The SMILES string of the molecule is Cc1[nH]c(=O)sc1S(=O)(=O)N1CCC(C)C1C(=O)O. The average molecular weight is 306 g/mol. The number of rotatable bonds is 3. The van der Waals surface area contributed by atoms with Gasteiger partial charge in [-0.3, -0.25) is 9.59 Å². The molecule has 2 unspecified atom stereocenters. The van der Waals surface area contributed by atoms with Gasteiger partial charge in [-0.2, -0.15) is 4.31 Å². The van der Waals surface area contributed by atoms with Crippen molar-refractivity contribution in [2.24, 2.45) is 5.92 Å². The topological polar surface area (TPSA) is 108 Å². The molecule has 2 heterocycles. The Balaban J connectivity index is 2.48. The average Bonchev–Trinajstić information content (AvgIpc) is 2.82. The number of aromatic amines is 1. The molecule has 0 bridgehead atoms. The summed E-state index contributed by atoms with van der Waals surface area (Å²) in [5.41, 5.74) is 0.249. The summed E-state index contributed by atoms with van der Waals surface area (Å²) in [5.74, 6) is -1.41. The molecule has 19 heavy (non-hydrogen) atoms. The number of nitrogens with zero attached hydrogens (tertiary/aromatic N) is 1. The summed E-state index contributed by atoms with van der Waals surface area (Å²) in [6.07, 6.45) is 0.495. The van der Waals surface area contributed by atoms with Gasteiger partial charge in [-0.25, -0.2) is 8.42 Å². The van der Waals surface area contributed by atoms with Crippen molar-refractivity contribution in [3.63, 3.8) is 0 Å². The second-order valence-corrected chi connectivity index (χ2v) is 7.66. The number of hydrogen-bond acceptors (Lipinski definition) is 5. The van der Waals surface area contributed by atoms with Crippen LogP contribution in [-0.4, -0.2) is 41.4 Å². The van der Waals surface area contributed by atoms with E-state index in [9.17, 15) is 18.0 Å². The Morgan fingerprint density at radius 3 is 2.63 bits per heavy atom. The second kappa shape index (κ2) is 4.73. The highest BCUT2D eigenvalue weighted by atomic mass is 32.2. The lowest BCUT2D eigenvalue weighted by atomic mass is 10.0. The molecular formula is C10H14N2O5S2. The molecule has 0 radical (unpaired) electrons. The van der Waals surface area contributed by atoms with Crippen LogP contribution >= 0.6 is 11.3 Å². The third-order valence-corrected chi connectivity index (χ3v) is 6.69. The summed E-state index contributed by atoms with van der Waals surface area (Å²) in [4.78, 5) is 24.4. The zero-order valence-corrected chi connectivity index (χ0v) is 12.0. The minimum Gasteiger partial charge on any atom is -0.480 e. The number of aryl methyl sites for hydroxylation is 1. The van der Waals surface area contributed by atoms with Gasteiger partial charge in [0, 0.05) is 12.2 Å². The van der Waals surface area contributed by atoms with Crippen molar-refractivity contribution < 1.29 is 18.3 Å². The summed E-state index contributed by atoms with van der Waals surface area (Å²) in [7, 11) is -3.94. The summed E-state index contributed by atoms with van der Waals surface area (Å²) in [6, 6.07) is -1.07. The number of carboxylic acids is 1. The van der Waals surface area contributed by atoms with Gasteiger partial charge < -0.3 is 10.1 Å². The fraction of sp³-hybridized carbons (Fsp3) is 0.600. The second-order valence-electron chi connectivity index (χ2n) is 4.59. The fourth-order valence-electron chi connectivity index (χ4n) is 2.29. The number of nitrogens with one attached hydrogen (secondary N) is 1. The van der Waals surface area contributed by atoms with E-state index in [-0.39, 0.29) is 22.4 Å². The lowest BCUT2D eigenvalue weighted by Gasteiger charge is -2.22. The minimum atomic E-state index is -3.94. The molecule has 1 aliphatic heterocycles. The molecule has 0 amide bonds. The van der Waals surface area contributed by atoms with Crippen molar-refractivity contribution in [2.45, 2.75) is 30.5 Å². The van der Waals surface area contributed by atoms with Gasteiger partial charge in [-0.05, 0) is 19.3 Å². The molecule has 0 saturated carbocycles. The van der Waals surface area contributed by atoms with Gasteiger partial charge in [0.1, 0.15) is 6.04 Å². The molecule has 106 valence electrons. The zero-order valence-electron chi connectivity index (χ0n) is 10.4. The Bertz CT molecular complexity index is 660. The highest BCUT2D eigenvalue weighted by molar-refractivity contribution is 7.91. The maximum atomic E-state index is 12.4. The van der Waals surface area contributed by atoms with Gasteiger partial charge in [0.25, 0.3) is 10.0 Å².